The van der Waals surface area contributed by atoms with Gasteiger partial charge in [0.2, 0.25) is 0 Å². The number of anilines is 1. The molecule has 0 saturated carbocycles. The molecule has 1 saturated heterocycles. The number of rotatable bonds is 1. The molecule has 24 heavy (non-hydrogen) atoms. The van der Waals surface area contributed by atoms with Crippen LogP contribution in [-0.4, -0.2) is 46.8 Å². The number of carbonyl (C=O) groups excluding carboxylic acids is 1. The summed E-state index contributed by atoms with van der Waals surface area (Å²) in [6.45, 7) is 10.1. The van der Waals surface area contributed by atoms with E-state index in [4.69, 9.17) is 4.74 Å². The van der Waals surface area contributed by atoms with Gasteiger partial charge in [0.05, 0.1) is 0 Å². The smallest absolute Gasteiger partial charge is 0.410 e. The van der Waals surface area contributed by atoms with Gasteiger partial charge in [-0.05, 0) is 52.0 Å². The molecule has 0 radical (unpaired) electrons. The quantitative estimate of drug-likeness (QED) is 0.802. The van der Waals surface area contributed by atoms with E-state index in [-0.39, 0.29) is 12.1 Å². The van der Waals surface area contributed by atoms with E-state index in [0.717, 1.165) is 13.1 Å². The lowest BCUT2D eigenvalue weighted by molar-refractivity contribution is 0.0159. The molecule has 1 aliphatic rings. The Morgan fingerprint density at radius 1 is 1.21 bits per heavy atom. The van der Waals surface area contributed by atoms with Crippen molar-refractivity contribution in [1.29, 1.82) is 0 Å². The topological polar surface area (TPSA) is 37.7 Å². The van der Waals surface area contributed by atoms with E-state index in [1.165, 1.54) is 16.6 Å². The predicted octanol–water partition coefficient (Wildman–Crippen LogP) is 3.62. The summed E-state index contributed by atoms with van der Waals surface area (Å²) in [6, 6.07) is 8.82. The summed E-state index contributed by atoms with van der Waals surface area (Å²) in [4.78, 5) is 16.5. The third-order valence-corrected chi connectivity index (χ3v) is 4.49. The highest BCUT2D eigenvalue weighted by Crippen LogP contribution is 2.25. The number of aryl methyl sites for hydroxylation is 1. The summed E-state index contributed by atoms with van der Waals surface area (Å²) < 4.78 is 7.64. The van der Waals surface area contributed by atoms with Crippen LogP contribution < -0.4 is 4.90 Å². The first-order valence-electron chi connectivity index (χ1n) is 8.54. The van der Waals surface area contributed by atoms with E-state index in [0.29, 0.717) is 6.54 Å². The normalized spacial score (nSPS) is 19.0. The molecule has 1 fully saturated rings. The van der Waals surface area contributed by atoms with Crippen LogP contribution in [0.5, 0.6) is 0 Å². The van der Waals surface area contributed by atoms with E-state index in [1.807, 2.05) is 25.7 Å². The first kappa shape index (κ1) is 16.7. The van der Waals surface area contributed by atoms with E-state index in [9.17, 15) is 4.79 Å². The third-order valence-electron chi connectivity index (χ3n) is 4.49. The second-order valence-corrected chi connectivity index (χ2v) is 7.64. The van der Waals surface area contributed by atoms with Crippen molar-refractivity contribution >= 4 is 22.7 Å². The van der Waals surface area contributed by atoms with Gasteiger partial charge in [-0.1, -0.05) is 0 Å². The minimum atomic E-state index is -0.452. The second kappa shape index (κ2) is 6.04. The van der Waals surface area contributed by atoms with Gasteiger partial charge < -0.3 is 19.1 Å². The SMILES string of the molecule is C[C@H]1CN(c2ccc3c(ccn3C)c2)CCN1C(=O)OC(C)(C)C. The molecule has 0 bridgehead atoms. The number of ether oxygens (including phenoxy) is 1. The van der Waals surface area contributed by atoms with Crippen molar-refractivity contribution in [1.82, 2.24) is 9.47 Å². The van der Waals surface area contributed by atoms with Crippen molar-refractivity contribution in [3.05, 3.63) is 30.5 Å². The van der Waals surface area contributed by atoms with Crippen LogP contribution in [0, 0.1) is 0 Å². The number of hydrogen-bond donors (Lipinski definition) is 0. The molecule has 0 spiro atoms. The molecule has 3 rings (SSSR count). The Bertz CT molecular complexity index is 745. The van der Waals surface area contributed by atoms with Gasteiger partial charge in [-0.25, -0.2) is 4.79 Å². The molecule has 1 amide bonds. The van der Waals surface area contributed by atoms with Crippen molar-refractivity contribution in [2.45, 2.75) is 39.3 Å². The maximum atomic E-state index is 12.3. The highest BCUT2D eigenvalue weighted by molar-refractivity contribution is 5.84. The number of benzene rings is 1. The number of piperazine rings is 1. The minimum Gasteiger partial charge on any atom is -0.444 e. The van der Waals surface area contributed by atoms with Crippen LogP contribution in [0.2, 0.25) is 0 Å². The predicted molar refractivity (Wildman–Crippen MR) is 97.5 cm³/mol. The van der Waals surface area contributed by atoms with Crippen LogP contribution in [-0.2, 0) is 11.8 Å². The molecule has 0 N–H and O–H groups in total. The number of aromatic nitrogens is 1. The first-order valence-corrected chi connectivity index (χ1v) is 8.54. The zero-order valence-electron chi connectivity index (χ0n) is 15.2. The number of hydrogen-bond acceptors (Lipinski definition) is 3. The Morgan fingerprint density at radius 2 is 1.96 bits per heavy atom. The van der Waals surface area contributed by atoms with Gasteiger partial charge in [0, 0.05) is 55.5 Å². The highest BCUT2D eigenvalue weighted by Gasteiger charge is 2.30. The van der Waals surface area contributed by atoms with Crippen molar-refractivity contribution < 1.29 is 9.53 Å². The highest BCUT2D eigenvalue weighted by atomic mass is 16.6. The molecular weight excluding hydrogens is 302 g/mol. The summed E-state index contributed by atoms with van der Waals surface area (Å²) in [6.07, 6.45) is 1.87. The van der Waals surface area contributed by atoms with Crippen LogP contribution in [0.4, 0.5) is 10.5 Å². The zero-order chi connectivity index (χ0) is 17.5. The molecule has 5 nitrogen and oxygen atoms in total. The van der Waals surface area contributed by atoms with Crippen LogP contribution in [0.15, 0.2) is 30.5 Å². The fourth-order valence-electron chi connectivity index (χ4n) is 3.25. The lowest BCUT2D eigenvalue weighted by Gasteiger charge is -2.41. The standard InChI is InChI=1S/C19H27N3O2/c1-14-13-21(10-11-22(14)18(23)24-19(2,3)4)16-6-7-17-15(12-16)8-9-20(17)5/h6-9,12,14H,10-11,13H2,1-5H3/t14-/m0/s1. The van der Waals surface area contributed by atoms with Gasteiger partial charge in [0.15, 0.2) is 0 Å². The maximum Gasteiger partial charge on any atom is 0.410 e. The number of amides is 1. The van der Waals surface area contributed by atoms with Crippen molar-refractivity contribution in [2.24, 2.45) is 7.05 Å². The Morgan fingerprint density at radius 3 is 2.62 bits per heavy atom. The number of fused-ring (bicyclic) bond motifs is 1. The van der Waals surface area contributed by atoms with Gasteiger partial charge in [-0.3, -0.25) is 0 Å². The van der Waals surface area contributed by atoms with Crippen LogP contribution >= 0.6 is 0 Å². The van der Waals surface area contributed by atoms with Crippen molar-refractivity contribution in [3.8, 4) is 0 Å². The molecule has 1 aliphatic heterocycles. The Kier molecular flexibility index (Phi) is 4.20. The number of carbonyl (C=O) groups is 1. The van der Waals surface area contributed by atoms with Crippen LogP contribution in [0.1, 0.15) is 27.7 Å². The minimum absolute atomic E-state index is 0.125. The molecule has 5 heteroatoms. The van der Waals surface area contributed by atoms with Gasteiger partial charge in [-0.2, -0.15) is 0 Å². The van der Waals surface area contributed by atoms with Crippen molar-refractivity contribution in [3.63, 3.8) is 0 Å². The summed E-state index contributed by atoms with van der Waals surface area (Å²) >= 11 is 0. The summed E-state index contributed by atoms with van der Waals surface area (Å²) in [5.74, 6) is 0. The fourth-order valence-corrected chi connectivity index (χ4v) is 3.25. The van der Waals surface area contributed by atoms with E-state index >= 15 is 0 Å². The molecule has 0 unspecified atom stereocenters. The summed E-state index contributed by atoms with van der Waals surface area (Å²) in [5, 5.41) is 1.25. The Hall–Kier alpha value is -2.17. The monoisotopic (exact) mass is 329 g/mol. The van der Waals surface area contributed by atoms with E-state index in [1.54, 1.807) is 0 Å². The molecule has 1 aromatic carbocycles. The molecule has 1 aromatic heterocycles. The molecule has 2 aromatic rings. The van der Waals surface area contributed by atoms with E-state index < -0.39 is 5.60 Å². The van der Waals surface area contributed by atoms with Gasteiger partial charge in [-0.15, -0.1) is 0 Å². The average Bonchev–Trinajstić information content (AvgIpc) is 2.86. The Balaban J connectivity index is 1.71. The summed E-state index contributed by atoms with van der Waals surface area (Å²) in [7, 11) is 2.06. The average molecular weight is 329 g/mol. The van der Waals surface area contributed by atoms with Crippen LogP contribution in [0.25, 0.3) is 10.9 Å². The maximum absolute atomic E-state index is 12.3. The summed E-state index contributed by atoms with van der Waals surface area (Å²) in [5.41, 5.74) is 2.00. The van der Waals surface area contributed by atoms with Gasteiger partial charge in [0.25, 0.3) is 0 Å². The largest absolute Gasteiger partial charge is 0.444 e. The van der Waals surface area contributed by atoms with Crippen LogP contribution in [0.3, 0.4) is 0 Å². The van der Waals surface area contributed by atoms with E-state index in [2.05, 4.69) is 53.9 Å². The van der Waals surface area contributed by atoms with Gasteiger partial charge >= 0.3 is 6.09 Å². The lowest BCUT2D eigenvalue weighted by Crippen LogP contribution is -2.55. The molecule has 2 heterocycles. The lowest BCUT2D eigenvalue weighted by atomic mass is 10.1. The fraction of sp³-hybridized carbons (Fsp3) is 0.526. The number of nitrogens with zero attached hydrogens (tertiary/aromatic N) is 3. The van der Waals surface area contributed by atoms with Gasteiger partial charge in [0.1, 0.15) is 5.60 Å². The Labute approximate surface area is 143 Å². The molecule has 0 aliphatic carbocycles. The molecule has 1 atom stereocenters. The second-order valence-electron chi connectivity index (χ2n) is 7.64. The first-order chi connectivity index (χ1) is 11.2. The molecule has 130 valence electrons. The zero-order valence-corrected chi connectivity index (χ0v) is 15.2. The molecular formula is C19H27N3O2. The van der Waals surface area contributed by atoms with Crippen molar-refractivity contribution in [2.75, 3.05) is 24.5 Å². The third kappa shape index (κ3) is 3.35.